The highest BCUT2D eigenvalue weighted by Crippen LogP contribution is 2.36. The van der Waals surface area contributed by atoms with E-state index in [4.69, 9.17) is 23.2 Å². The number of carbonyl (C=O) groups is 1. The number of rotatable bonds is 5. The molecule has 3 rings (SSSR count). The Bertz CT molecular complexity index is 1080. The van der Waals surface area contributed by atoms with Gasteiger partial charge < -0.3 is 5.11 Å². The minimum atomic E-state index is -4.08. The summed E-state index contributed by atoms with van der Waals surface area (Å²) < 4.78 is 27.6. The molecule has 0 amide bonds. The van der Waals surface area contributed by atoms with Gasteiger partial charge in [-0.15, -0.1) is 11.3 Å². The Morgan fingerprint density at radius 3 is 2.35 bits per heavy atom. The van der Waals surface area contributed by atoms with Crippen LogP contribution in [0.5, 0.6) is 0 Å². The summed E-state index contributed by atoms with van der Waals surface area (Å²) in [5, 5.41) is 9.65. The van der Waals surface area contributed by atoms with E-state index in [0.717, 1.165) is 16.9 Å². The molecule has 9 heteroatoms. The third kappa shape index (κ3) is 3.86. The van der Waals surface area contributed by atoms with Crippen LogP contribution in [-0.4, -0.2) is 19.5 Å². The van der Waals surface area contributed by atoms with Gasteiger partial charge in [-0.05, 0) is 29.8 Å². The molecule has 5 nitrogen and oxygen atoms in total. The molecule has 1 aromatic heterocycles. The van der Waals surface area contributed by atoms with Crippen molar-refractivity contribution in [1.82, 2.24) is 0 Å². The van der Waals surface area contributed by atoms with Crippen LogP contribution in [0.3, 0.4) is 0 Å². The van der Waals surface area contributed by atoms with Gasteiger partial charge in [0.2, 0.25) is 0 Å². The highest BCUT2D eigenvalue weighted by Gasteiger charge is 2.24. The Labute approximate surface area is 163 Å². The van der Waals surface area contributed by atoms with Gasteiger partial charge in [0.25, 0.3) is 10.0 Å². The van der Waals surface area contributed by atoms with Crippen molar-refractivity contribution in [1.29, 1.82) is 0 Å². The SMILES string of the molecule is O=C(O)c1sc(-c2ccccc2)cc1NS(=O)(=O)c1ccc(Cl)cc1Cl. The molecule has 1 heterocycles. The lowest BCUT2D eigenvalue weighted by Crippen LogP contribution is -2.14. The monoisotopic (exact) mass is 427 g/mol. The molecule has 0 radical (unpaired) electrons. The fourth-order valence-corrected chi connectivity index (χ4v) is 5.12. The first-order valence-corrected chi connectivity index (χ1v) is 10.2. The molecule has 0 bridgehead atoms. The highest BCUT2D eigenvalue weighted by molar-refractivity contribution is 7.92. The van der Waals surface area contributed by atoms with Gasteiger partial charge in [0, 0.05) is 9.90 Å². The van der Waals surface area contributed by atoms with Crippen molar-refractivity contribution in [2.45, 2.75) is 4.90 Å². The van der Waals surface area contributed by atoms with Gasteiger partial charge in [-0.1, -0.05) is 53.5 Å². The van der Waals surface area contributed by atoms with Crippen molar-refractivity contribution < 1.29 is 18.3 Å². The number of hydrogen-bond acceptors (Lipinski definition) is 4. The van der Waals surface area contributed by atoms with Crippen molar-refractivity contribution >= 4 is 56.2 Å². The Balaban J connectivity index is 2.03. The number of thiophene rings is 1. The largest absolute Gasteiger partial charge is 0.477 e. The minimum Gasteiger partial charge on any atom is -0.477 e. The predicted octanol–water partition coefficient (Wildman–Crippen LogP) is 5.22. The second-order valence-corrected chi connectivity index (χ2v) is 8.75. The summed E-state index contributed by atoms with van der Waals surface area (Å²) in [6.07, 6.45) is 0. The molecule has 0 aliphatic rings. The van der Waals surface area contributed by atoms with Crippen LogP contribution in [-0.2, 0) is 10.0 Å². The Morgan fingerprint density at radius 1 is 1.04 bits per heavy atom. The van der Waals surface area contributed by atoms with E-state index in [0.29, 0.717) is 9.90 Å². The maximum atomic E-state index is 12.6. The van der Waals surface area contributed by atoms with Crippen LogP contribution in [0, 0.1) is 0 Å². The first kappa shape index (κ1) is 18.7. The average Bonchev–Trinajstić information content (AvgIpc) is 2.98. The molecule has 0 unspecified atom stereocenters. The van der Waals surface area contributed by atoms with Gasteiger partial charge in [0.1, 0.15) is 9.77 Å². The van der Waals surface area contributed by atoms with Crippen LogP contribution in [0.2, 0.25) is 10.0 Å². The zero-order valence-corrected chi connectivity index (χ0v) is 16.1. The highest BCUT2D eigenvalue weighted by atomic mass is 35.5. The summed E-state index contributed by atoms with van der Waals surface area (Å²) in [6, 6.07) is 14.5. The van der Waals surface area contributed by atoms with Gasteiger partial charge >= 0.3 is 5.97 Å². The van der Waals surface area contributed by atoms with Crippen molar-refractivity contribution in [2.24, 2.45) is 0 Å². The van der Waals surface area contributed by atoms with Gasteiger partial charge in [0.15, 0.2) is 0 Å². The van der Waals surface area contributed by atoms with E-state index in [1.54, 1.807) is 0 Å². The molecule has 2 aromatic carbocycles. The smallest absolute Gasteiger partial charge is 0.348 e. The lowest BCUT2D eigenvalue weighted by Gasteiger charge is -2.09. The summed E-state index contributed by atoms with van der Waals surface area (Å²) in [6.45, 7) is 0. The first-order valence-electron chi connectivity index (χ1n) is 7.18. The number of sulfonamides is 1. The summed E-state index contributed by atoms with van der Waals surface area (Å²) >= 11 is 12.7. The average molecular weight is 428 g/mol. The van der Waals surface area contributed by atoms with Crippen molar-refractivity contribution in [2.75, 3.05) is 4.72 Å². The Kier molecular flexibility index (Phi) is 5.24. The number of carboxylic acids is 1. The second kappa shape index (κ2) is 7.28. The molecule has 2 N–H and O–H groups in total. The molecule has 134 valence electrons. The predicted molar refractivity (Wildman–Crippen MR) is 104 cm³/mol. The van der Waals surface area contributed by atoms with Crippen LogP contribution in [0.15, 0.2) is 59.5 Å². The van der Waals surface area contributed by atoms with Crippen molar-refractivity contribution in [3.8, 4) is 10.4 Å². The van der Waals surface area contributed by atoms with E-state index in [2.05, 4.69) is 4.72 Å². The summed E-state index contributed by atoms with van der Waals surface area (Å²) in [4.78, 5) is 11.9. The normalized spacial score (nSPS) is 11.3. The summed E-state index contributed by atoms with van der Waals surface area (Å²) in [5.74, 6) is -1.22. The van der Waals surface area contributed by atoms with E-state index in [9.17, 15) is 18.3 Å². The maximum Gasteiger partial charge on any atom is 0.348 e. The molecule has 0 fully saturated rings. The fraction of sp³-hybridized carbons (Fsp3) is 0. The van der Waals surface area contributed by atoms with Gasteiger partial charge in [-0.2, -0.15) is 0 Å². The van der Waals surface area contributed by atoms with E-state index in [1.807, 2.05) is 30.3 Å². The number of aromatic carboxylic acids is 1. The van der Waals surface area contributed by atoms with Crippen molar-refractivity contribution in [3.05, 3.63) is 69.5 Å². The van der Waals surface area contributed by atoms with E-state index < -0.39 is 16.0 Å². The molecule has 0 aliphatic heterocycles. The molecule has 26 heavy (non-hydrogen) atoms. The number of carboxylic acid groups (broad SMARTS) is 1. The van der Waals surface area contributed by atoms with Crippen LogP contribution in [0.1, 0.15) is 9.67 Å². The summed E-state index contributed by atoms with van der Waals surface area (Å²) in [5.41, 5.74) is 0.766. The zero-order chi connectivity index (χ0) is 18.9. The molecular formula is C17H11Cl2NO4S2. The van der Waals surface area contributed by atoms with Crippen molar-refractivity contribution in [3.63, 3.8) is 0 Å². The zero-order valence-electron chi connectivity index (χ0n) is 12.9. The fourth-order valence-electron chi connectivity index (χ4n) is 2.26. The van der Waals surface area contributed by atoms with Crippen LogP contribution in [0.25, 0.3) is 10.4 Å². The van der Waals surface area contributed by atoms with E-state index >= 15 is 0 Å². The molecule has 0 aliphatic carbocycles. The van der Waals surface area contributed by atoms with Gasteiger partial charge in [-0.25, -0.2) is 13.2 Å². The van der Waals surface area contributed by atoms with Gasteiger partial charge in [0.05, 0.1) is 10.7 Å². The number of hydrogen-bond donors (Lipinski definition) is 2. The molecule has 0 atom stereocenters. The van der Waals surface area contributed by atoms with E-state index in [1.165, 1.54) is 24.3 Å². The molecule has 0 spiro atoms. The molecule has 0 saturated carbocycles. The summed E-state index contributed by atoms with van der Waals surface area (Å²) in [7, 11) is -4.08. The Morgan fingerprint density at radius 2 is 1.73 bits per heavy atom. The minimum absolute atomic E-state index is 0.0210. The molecule has 3 aromatic rings. The standard InChI is InChI=1S/C17H11Cl2NO4S2/c18-11-6-7-15(12(19)8-11)26(23,24)20-13-9-14(25-16(13)17(21)22)10-4-2-1-3-5-10/h1-9,20H,(H,21,22). The third-order valence-electron chi connectivity index (χ3n) is 3.41. The van der Waals surface area contributed by atoms with Crippen LogP contribution >= 0.6 is 34.5 Å². The maximum absolute atomic E-state index is 12.6. The topological polar surface area (TPSA) is 83.5 Å². The third-order valence-corrected chi connectivity index (χ3v) is 6.67. The van der Waals surface area contributed by atoms with Crippen LogP contribution < -0.4 is 4.72 Å². The first-order chi connectivity index (χ1) is 12.3. The second-order valence-electron chi connectivity index (χ2n) is 5.20. The van der Waals surface area contributed by atoms with Gasteiger partial charge in [-0.3, -0.25) is 4.72 Å². The number of halogens is 2. The lowest BCUT2D eigenvalue weighted by molar-refractivity contribution is 0.0703. The van der Waals surface area contributed by atoms with Crippen LogP contribution in [0.4, 0.5) is 5.69 Å². The number of nitrogens with one attached hydrogen (secondary N) is 1. The lowest BCUT2D eigenvalue weighted by atomic mass is 10.2. The quantitative estimate of drug-likeness (QED) is 0.584. The van der Waals surface area contributed by atoms with E-state index in [-0.39, 0.29) is 20.5 Å². The molecular weight excluding hydrogens is 417 g/mol. The Hall–Kier alpha value is -2.06. The molecule has 0 saturated heterocycles. The number of anilines is 1. The number of benzene rings is 2.